The topological polar surface area (TPSA) is 27.7 Å². The zero-order valence-corrected chi connectivity index (χ0v) is 13.6. The molecule has 0 aromatic carbocycles. The lowest BCUT2D eigenvalue weighted by Gasteiger charge is -2.43. The van der Waals surface area contributed by atoms with Gasteiger partial charge >= 0.3 is 0 Å². The summed E-state index contributed by atoms with van der Waals surface area (Å²) in [6, 6.07) is 1.23. The molecule has 0 aromatic rings. The standard InChI is InChI=1S/C16H33N3O/c1-4-8-17-15-7-11-20-13-16(15)19-9-5-14(6-10-19)12-18(2)3/h14-17H,4-13H2,1-3H3. The largest absolute Gasteiger partial charge is 0.380 e. The van der Waals surface area contributed by atoms with Crippen molar-refractivity contribution in [3.63, 3.8) is 0 Å². The number of hydrogen-bond acceptors (Lipinski definition) is 4. The Kier molecular flexibility index (Phi) is 6.75. The lowest BCUT2D eigenvalue weighted by Crippen LogP contribution is -2.57. The van der Waals surface area contributed by atoms with Crippen molar-refractivity contribution in [3.05, 3.63) is 0 Å². The first-order valence-corrected chi connectivity index (χ1v) is 8.40. The number of ether oxygens (including phenoxy) is 1. The maximum absolute atomic E-state index is 5.75. The summed E-state index contributed by atoms with van der Waals surface area (Å²) in [5, 5.41) is 3.73. The number of hydrogen-bond donors (Lipinski definition) is 1. The van der Waals surface area contributed by atoms with Crippen LogP contribution in [0.3, 0.4) is 0 Å². The molecule has 0 saturated carbocycles. The smallest absolute Gasteiger partial charge is 0.0637 e. The average Bonchev–Trinajstić information content (AvgIpc) is 2.46. The Hall–Kier alpha value is -0.160. The van der Waals surface area contributed by atoms with Gasteiger partial charge in [0, 0.05) is 25.2 Å². The average molecular weight is 283 g/mol. The van der Waals surface area contributed by atoms with E-state index < -0.39 is 0 Å². The van der Waals surface area contributed by atoms with Crippen molar-refractivity contribution in [2.75, 3.05) is 53.5 Å². The molecule has 0 amide bonds. The summed E-state index contributed by atoms with van der Waals surface area (Å²) in [6.07, 6.45) is 5.07. The Morgan fingerprint density at radius 2 is 1.95 bits per heavy atom. The fraction of sp³-hybridized carbons (Fsp3) is 1.00. The maximum atomic E-state index is 5.75. The molecule has 0 aromatic heterocycles. The minimum atomic E-state index is 0.593. The van der Waals surface area contributed by atoms with E-state index in [1.54, 1.807) is 0 Å². The molecule has 0 radical (unpaired) electrons. The molecular formula is C16H33N3O. The van der Waals surface area contributed by atoms with Crippen LogP contribution in [0.15, 0.2) is 0 Å². The second kappa shape index (κ2) is 8.32. The van der Waals surface area contributed by atoms with Crippen LogP contribution in [0.2, 0.25) is 0 Å². The minimum Gasteiger partial charge on any atom is -0.380 e. The van der Waals surface area contributed by atoms with Gasteiger partial charge in [0.05, 0.1) is 6.61 Å². The Bertz CT molecular complexity index is 264. The van der Waals surface area contributed by atoms with Crippen LogP contribution < -0.4 is 5.32 Å². The third kappa shape index (κ3) is 4.69. The first-order valence-electron chi connectivity index (χ1n) is 8.40. The van der Waals surface area contributed by atoms with E-state index in [4.69, 9.17) is 4.74 Å². The Balaban J connectivity index is 1.80. The number of piperidine rings is 1. The zero-order chi connectivity index (χ0) is 14.4. The van der Waals surface area contributed by atoms with Gasteiger partial charge in [-0.25, -0.2) is 0 Å². The van der Waals surface area contributed by atoms with E-state index in [-0.39, 0.29) is 0 Å². The van der Waals surface area contributed by atoms with Crippen LogP contribution in [0.1, 0.15) is 32.6 Å². The summed E-state index contributed by atoms with van der Waals surface area (Å²) in [6.45, 7) is 8.96. The fourth-order valence-corrected chi connectivity index (χ4v) is 3.63. The summed E-state index contributed by atoms with van der Waals surface area (Å²) in [7, 11) is 4.37. The number of rotatable bonds is 6. The minimum absolute atomic E-state index is 0.593. The molecule has 2 aliphatic heterocycles. The Morgan fingerprint density at radius 1 is 1.20 bits per heavy atom. The van der Waals surface area contributed by atoms with E-state index in [1.165, 1.54) is 45.3 Å². The highest BCUT2D eigenvalue weighted by Gasteiger charge is 2.32. The van der Waals surface area contributed by atoms with Crippen molar-refractivity contribution in [2.24, 2.45) is 5.92 Å². The molecule has 2 saturated heterocycles. The molecule has 0 aliphatic carbocycles. The summed E-state index contributed by atoms with van der Waals surface area (Å²) >= 11 is 0. The molecule has 4 nitrogen and oxygen atoms in total. The lowest BCUT2D eigenvalue weighted by atomic mass is 9.93. The predicted octanol–water partition coefficient (Wildman–Crippen LogP) is 1.42. The van der Waals surface area contributed by atoms with E-state index in [2.05, 4.69) is 36.1 Å². The third-order valence-electron chi connectivity index (χ3n) is 4.72. The summed E-state index contributed by atoms with van der Waals surface area (Å²) in [4.78, 5) is 5.01. The predicted molar refractivity (Wildman–Crippen MR) is 84.2 cm³/mol. The van der Waals surface area contributed by atoms with Crippen LogP contribution in [0.25, 0.3) is 0 Å². The van der Waals surface area contributed by atoms with Crippen LogP contribution in [0, 0.1) is 5.92 Å². The fourth-order valence-electron chi connectivity index (χ4n) is 3.63. The van der Waals surface area contributed by atoms with Crippen LogP contribution >= 0.6 is 0 Å². The van der Waals surface area contributed by atoms with Crippen LogP contribution in [0.4, 0.5) is 0 Å². The number of nitrogens with one attached hydrogen (secondary N) is 1. The Labute approximate surface area is 124 Å². The zero-order valence-electron chi connectivity index (χ0n) is 13.6. The quantitative estimate of drug-likeness (QED) is 0.798. The van der Waals surface area contributed by atoms with E-state index in [9.17, 15) is 0 Å². The van der Waals surface area contributed by atoms with Crippen molar-refractivity contribution in [3.8, 4) is 0 Å². The summed E-state index contributed by atoms with van der Waals surface area (Å²) < 4.78 is 5.75. The van der Waals surface area contributed by atoms with Crippen LogP contribution in [-0.4, -0.2) is 75.4 Å². The van der Waals surface area contributed by atoms with Crippen molar-refractivity contribution in [2.45, 2.75) is 44.7 Å². The Morgan fingerprint density at radius 3 is 2.60 bits per heavy atom. The van der Waals surface area contributed by atoms with Crippen LogP contribution in [-0.2, 0) is 4.74 Å². The van der Waals surface area contributed by atoms with Crippen LogP contribution in [0.5, 0.6) is 0 Å². The third-order valence-corrected chi connectivity index (χ3v) is 4.72. The SMILES string of the molecule is CCCNC1CCOCC1N1CCC(CN(C)C)CC1. The van der Waals surface area contributed by atoms with Gasteiger partial charge in [-0.3, -0.25) is 4.90 Å². The highest BCUT2D eigenvalue weighted by atomic mass is 16.5. The molecule has 2 heterocycles. The van der Waals surface area contributed by atoms with Gasteiger partial charge < -0.3 is 15.0 Å². The van der Waals surface area contributed by atoms with E-state index in [1.807, 2.05) is 0 Å². The highest BCUT2D eigenvalue weighted by molar-refractivity contribution is 4.89. The normalized spacial score (nSPS) is 30.0. The second-order valence-electron chi connectivity index (χ2n) is 6.73. The van der Waals surface area contributed by atoms with Gasteiger partial charge in [-0.15, -0.1) is 0 Å². The number of nitrogens with zero attached hydrogens (tertiary/aromatic N) is 2. The molecule has 0 spiro atoms. The maximum Gasteiger partial charge on any atom is 0.0637 e. The van der Waals surface area contributed by atoms with Gasteiger partial charge in [0.15, 0.2) is 0 Å². The van der Waals surface area contributed by atoms with Gasteiger partial charge in [-0.2, -0.15) is 0 Å². The second-order valence-corrected chi connectivity index (χ2v) is 6.73. The van der Waals surface area contributed by atoms with Gasteiger partial charge in [-0.05, 0) is 65.3 Å². The summed E-state index contributed by atoms with van der Waals surface area (Å²) in [5.74, 6) is 0.882. The molecule has 4 heteroatoms. The van der Waals surface area contributed by atoms with E-state index in [0.29, 0.717) is 12.1 Å². The van der Waals surface area contributed by atoms with E-state index in [0.717, 1.165) is 25.7 Å². The first kappa shape index (κ1) is 16.2. The van der Waals surface area contributed by atoms with Gasteiger partial charge in [-0.1, -0.05) is 6.92 Å². The van der Waals surface area contributed by atoms with Crippen molar-refractivity contribution < 1.29 is 4.74 Å². The molecule has 2 unspecified atom stereocenters. The molecular weight excluding hydrogens is 250 g/mol. The molecule has 2 fully saturated rings. The molecule has 2 rings (SSSR count). The van der Waals surface area contributed by atoms with Gasteiger partial charge in [0.2, 0.25) is 0 Å². The molecule has 2 aliphatic rings. The van der Waals surface area contributed by atoms with Crippen molar-refractivity contribution in [1.82, 2.24) is 15.1 Å². The molecule has 0 bridgehead atoms. The molecule has 1 N–H and O–H groups in total. The molecule has 20 heavy (non-hydrogen) atoms. The first-order chi connectivity index (χ1) is 9.70. The van der Waals surface area contributed by atoms with Crippen molar-refractivity contribution >= 4 is 0 Å². The summed E-state index contributed by atoms with van der Waals surface area (Å²) in [5.41, 5.74) is 0. The van der Waals surface area contributed by atoms with Gasteiger partial charge in [0.1, 0.15) is 0 Å². The lowest BCUT2D eigenvalue weighted by molar-refractivity contribution is -0.0158. The van der Waals surface area contributed by atoms with Gasteiger partial charge in [0.25, 0.3) is 0 Å². The van der Waals surface area contributed by atoms with E-state index >= 15 is 0 Å². The van der Waals surface area contributed by atoms with Crippen molar-refractivity contribution in [1.29, 1.82) is 0 Å². The monoisotopic (exact) mass is 283 g/mol. The molecule has 2 atom stereocenters. The highest BCUT2D eigenvalue weighted by Crippen LogP contribution is 2.23. The molecule has 118 valence electrons. The number of likely N-dealkylation sites (tertiary alicyclic amines) is 1.